The Balaban J connectivity index is 1.24. The van der Waals surface area contributed by atoms with Gasteiger partial charge < -0.3 is 9.05 Å². The van der Waals surface area contributed by atoms with Crippen molar-refractivity contribution in [3.05, 3.63) is 136 Å². The van der Waals surface area contributed by atoms with Crippen LogP contribution in [0.15, 0.2) is 93.3 Å². The van der Waals surface area contributed by atoms with Crippen LogP contribution in [0.5, 0.6) is 11.5 Å². The molecule has 3 aromatic carbocycles. The number of aromatic nitrogens is 3. The summed E-state index contributed by atoms with van der Waals surface area (Å²) < 4.78 is 43.8. The van der Waals surface area contributed by atoms with Crippen LogP contribution in [0.3, 0.4) is 0 Å². The van der Waals surface area contributed by atoms with Gasteiger partial charge in [-0.3, -0.25) is 29.4 Å². The highest BCUT2D eigenvalue weighted by molar-refractivity contribution is 7.67. The first kappa shape index (κ1) is 34.8. The first-order valence-corrected chi connectivity index (χ1v) is 19.9. The van der Waals surface area contributed by atoms with E-state index in [1.54, 1.807) is 55.5 Å². The normalized spacial score (nSPS) is 22.5. The molecule has 0 amide bonds. The van der Waals surface area contributed by atoms with Crippen LogP contribution in [0.4, 0.5) is 11.4 Å². The molecular weight excluding hydrogens is 716 g/mol. The molecule has 18 heteroatoms. The molecule has 0 saturated heterocycles. The molecule has 4 aromatic rings. The molecule has 1 aliphatic carbocycles. The maximum atomic E-state index is 14.9. The van der Waals surface area contributed by atoms with E-state index in [-0.39, 0.29) is 53.5 Å². The lowest BCUT2D eigenvalue weighted by atomic mass is 9.86. The monoisotopic (exact) mass is 747 g/mol. The highest BCUT2D eigenvalue weighted by atomic mass is 31.2. The zero-order valence-electron chi connectivity index (χ0n) is 27.9. The van der Waals surface area contributed by atoms with E-state index in [9.17, 15) is 43.7 Å². The van der Waals surface area contributed by atoms with Gasteiger partial charge in [0.2, 0.25) is 5.75 Å². The number of rotatable bonds is 9. The van der Waals surface area contributed by atoms with Crippen molar-refractivity contribution in [2.45, 2.75) is 45.1 Å². The number of nitro groups is 2. The quantitative estimate of drug-likeness (QED) is 0.124. The average Bonchev–Trinajstić information content (AvgIpc) is 3.11. The number of nitrogens with zero attached hydrogens (tertiary/aromatic N) is 5. The highest BCUT2D eigenvalue weighted by Crippen LogP contribution is 2.70. The molecule has 16 nitrogen and oxygen atoms in total. The minimum Gasteiger partial charge on any atom is -0.439 e. The summed E-state index contributed by atoms with van der Waals surface area (Å²) in [4.78, 5) is 63.2. The maximum absolute atomic E-state index is 14.9. The van der Waals surface area contributed by atoms with E-state index in [4.69, 9.17) is 9.05 Å². The largest absolute Gasteiger partial charge is 0.439 e. The van der Waals surface area contributed by atoms with E-state index in [2.05, 4.69) is 0 Å². The first-order chi connectivity index (χ1) is 24.7. The summed E-state index contributed by atoms with van der Waals surface area (Å²) in [5, 5.41) is 22.5. The van der Waals surface area contributed by atoms with E-state index in [0.717, 1.165) is 13.7 Å². The molecule has 52 heavy (non-hydrogen) atoms. The number of benzene rings is 3. The zero-order chi connectivity index (χ0) is 37.2. The molecular formula is C34H31N5O11P2. The second kappa shape index (κ2) is 12.6. The van der Waals surface area contributed by atoms with Crippen LogP contribution in [0.25, 0.3) is 16.7 Å². The van der Waals surface area contributed by atoms with Gasteiger partial charge >= 0.3 is 22.8 Å². The number of nitro benzene ring substituents is 2. The Hall–Kier alpha value is -5.59. The molecule has 0 N–H and O–H groups in total. The van der Waals surface area contributed by atoms with Crippen LogP contribution >= 0.6 is 14.7 Å². The molecule has 0 fully saturated rings. The lowest BCUT2D eigenvalue weighted by molar-refractivity contribution is -0.385. The van der Waals surface area contributed by atoms with E-state index < -0.39 is 59.9 Å². The molecule has 3 heterocycles. The molecule has 3 unspecified atom stereocenters. The fourth-order valence-corrected chi connectivity index (χ4v) is 12.0. The van der Waals surface area contributed by atoms with Crippen molar-refractivity contribution in [1.82, 2.24) is 13.7 Å². The molecule has 7 rings (SSSR count). The standard InChI is InChI=1S/C34H31N5O11P2/c1-3-35-31(40)36(17-19-51(47)29-13-5-4-9-23(29)25-21-22(38(43)44)14-15-28(25)49-51)33(42)37(32(35)41)18-20-52(48)34(2)16-7-6-11-26(34)24-10-8-12-27(39(45)46)30(24)50-52/h4-15,21H,3,16-20H2,1-2H3. The summed E-state index contributed by atoms with van der Waals surface area (Å²) in [6, 6.07) is 14.8. The summed E-state index contributed by atoms with van der Waals surface area (Å²) in [5.74, 6) is -0.0267. The molecule has 0 bridgehead atoms. The lowest BCUT2D eigenvalue weighted by Crippen LogP contribution is -2.55. The van der Waals surface area contributed by atoms with Gasteiger partial charge in [-0.1, -0.05) is 48.6 Å². The first-order valence-electron chi connectivity index (χ1n) is 16.3. The smallest absolute Gasteiger partial charge is 0.336 e. The summed E-state index contributed by atoms with van der Waals surface area (Å²) >= 11 is 0. The van der Waals surface area contributed by atoms with Crippen molar-refractivity contribution in [2.75, 3.05) is 12.3 Å². The van der Waals surface area contributed by atoms with Crippen LogP contribution < -0.4 is 31.4 Å². The van der Waals surface area contributed by atoms with Crippen molar-refractivity contribution < 1.29 is 28.0 Å². The van der Waals surface area contributed by atoms with Crippen molar-refractivity contribution >= 4 is 37.0 Å². The molecule has 1 aromatic heterocycles. The van der Waals surface area contributed by atoms with Gasteiger partial charge in [0.15, 0.2) is 0 Å². The van der Waals surface area contributed by atoms with Crippen molar-refractivity contribution in [1.29, 1.82) is 0 Å². The molecule has 2 aliphatic heterocycles. The minimum atomic E-state index is -3.96. The van der Waals surface area contributed by atoms with Crippen molar-refractivity contribution in [2.24, 2.45) is 0 Å². The van der Waals surface area contributed by atoms with E-state index in [1.807, 2.05) is 0 Å². The topological polar surface area (TPSA) is 205 Å². The van der Waals surface area contributed by atoms with Crippen LogP contribution in [0.2, 0.25) is 0 Å². The summed E-state index contributed by atoms with van der Waals surface area (Å²) in [6.07, 6.45) is 4.82. The Labute approximate surface area is 294 Å². The van der Waals surface area contributed by atoms with Crippen LogP contribution in [0.1, 0.15) is 25.8 Å². The van der Waals surface area contributed by atoms with Crippen LogP contribution in [0, 0.1) is 20.2 Å². The fraction of sp³-hybridized carbons (Fsp3) is 0.265. The molecule has 0 radical (unpaired) electrons. The number of allylic oxidation sites excluding steroid dienone is 4. The highest BCUT2D eigenvalue weighted by Gasteiger charge is 2.54. The second-order valence-electron chi connectivity index (χ2n) is 12.7. The van der Waals surface area contributed by atoms with Crippen molar-refractivity contribution in [3.8, 4) is 22.6 Å². The number of fused-ring (bicyclic) bond motifs is 6. The van der Waals surface area contributed by atoms with Gasteiger partial charge in [0.1, 0.15) is 5.75 Å². The summed E-state index contributed by atoms with van der Waals surface area (Å²) in [6.45, 7) is 2.24. The van der Waals surface area contributed by atoms with Crippen molar-refractivity contribution in [3.63, 3.8) is 0 Å². The molecule has 0 saturated carbocycles. The molecule has 268 valence electrons. The predicted octanol–water partition coefficient (Wildman–Crippen LogP) is 5.14. The van der Waals surface area contributed by atoms with Gasteiger partial charge in [-0.2, -0.15) is 0 Å². The fourth-order valence-electron chi connectivity index (χ4n) is 7.06. The number of hydrogen-bond donors (Lipinski definition) is 0. The number of hydrogen-bond acceptors (Lipinski definition) is 11. The third-order valence-corrected chi connectivity index (χ3v) is 15.5. The zero-order valence-corrected chi connectivity index (χ0v) is 29.7. The number of para-hydroxylation sites is 1. The average molecular weight is 748 g/mol. The van der Waals surface area contributed by atoms with Gasteiger partial charge in [-0.15, -0.1) is 0 Å². The predicted molar refractivity (Wildman–Crippen MR) is 193 cm³/mol. The Bertz CT molecular complexity index is 2570. The number of non-ortho nitro benzene ring substituents is 1. The Kier molecular flexibility index (Phi) is 8.42. The van der Waals surface area contributed by atoms with Crippen LogP contribution in [-0.2, 0) is 28.8 Å². The van der Waals surface area contributed by atoms with E-state index in [1.165, 1.54) is 37.3 Å². The van der Waals surface area contributed by atoms with Gasteiger partial charge in [0.25, 0.3) is 20.4 Å². The third-order valence-electron chi connectivity index (χ3n) is 9.88. The van der Waals surface area contributed by atoms with Gasteiger partial charge in [0.05, 0.1) is 32.6 Å². The van der Waals surface area contributed by atoms with Gasteiger partial charge in [0, 0.05) is 49.0 Å². The maximum Gasteiger partial charge on any atom is 0.336 e. The third kappa shape index (κ3) is 5.32. The Morgan fingerprint density at radius 2 is 1.48 bits per heavy atom. The molecule has 0 spiro atoms. The Morgan fingerprint density at radius 1 is 0.808 bits per heavy atom. The SMILES string of the molecule is CCn1c(=O)n(CCP2(=O)Oc3ccc([N+](=O)[O-])cc3-c3ccccc32)c(=O)n(CCP2(=O)Oc3c(cccc3[N+](=O)[O-])C3=CC=CCC32C)c1=O. The summed E-state index contributed by atoms with van der Waals surface area (Å²) in [7, 11) is -7.81. The van der Waals surface area contributed by atoms with E-state index >= 15 is 0 Å². The van der Waals surface area contributed by atoms with Gasteiger partial charge in [-0.25, -0.2) is 28.1 Å². The summed E-state index contributed by atoms with van der Waals surface area (Å²) in [5.41, 5.74) is -1.69. The minimum absolute atomic E-state index is 0.121. The second-order valence-corrected chi connectivity index (χ2v) is 18.1. The molecule has 3 atom stereocenters. The molecule has 3 aliphatic rings. The van der Waals surface area contributed by atoms with E-state index in [0.29, 0.717) is 22.3 Å². The Morgan fingerprint density at radius 3 is 2.17 bits per heavy atom. The van der Waals surface area contributed by atoms with Gasteiger partial charge in [-0.05, 0) is 43.5 Å². The van der Waals surface area contributed by atoms with Crippen LogP contribution in [-0.4, -0.2) is 41.0 Å². The lowest BCUT2D eigenvalue weighted by Gasteiger charge is -2.44.